The first-order valence-electron chi connectivity index (χ1n) is 6.60. The van der Waals surface area contributed by atoms with Crippen molar-refractivity contribution in [1.29, 1.82) is 0 Å². The normalized spacial score (nSPS) is 25.1. The third-order valence-electron chi connectivity index (χ3n) is 3.36. The van der Waals surface area contributed by atoms with Gasteiger partial charge < -0.3 is 9.47 Å². The monoisotopic (exact) mass is 249 g/mol. The fourth-order valence-electron chi connectivity index (χ4n) is 2.71. The van der Waals surface area contributed by atoms with Gasteiger partial charge in [0.15, 0.2) is 0 Å². The third-order valence-corrected chi connectivity index (χ3v) is 3.36. The second kappa shape index (κ2) is 5.72. The predicted molar refractivity (Wildman–Crippen MR) is 73.0 cm³/mol. The maximum Gasteiger partial charge on any atom is 0.121 e. The Hall–Kier alpha value is -1.06. The van der Waals surface area contributed by atoms with E-state index < -0.39 is 0 Å². The van der Waals surface area contributed by atoms with Crippen LogP contribution in [0.25, 0.3) is 0 Å². The molecule has 0 saturated carbocycles. The van der Waals surface area contributed by atoms with Gasteiger partial charge in [-0.25, -0.2) is 0 Å². The fourth-order valence-corrected chi connectivity index (χ4v) is 2.71. The highest BCUT2D eigenvalue weighted by molar-refractivity contribution is 5.36. The summed E-state index contributed by atoms with van der Waals surface area (Å²) in [6.07, 6.45) is 0.654. The molecule has 1 fully saturated rings. The highest BCUT2D eigenvalue weighted by Crippen LogP contribution is 2.20. The lowest BCUT2D eigenvalue weighted by atomic mass is 10.1. The van der Waals surface area contributed by atoms with Gasteiger partial charge >= 0.3 is 0 Å². The third kappa shape index (κ3) is 3.24. The second-order valence-electron chi connectivity index (χ2n) is 5.26. The van der Waals surface area contributed by atoms with Crippen LogP contribution in [0, 0.1) is 6.92 Å². The number of nitrogens with zero attached hydrogens (tertiary/aromatic N) is 1. The van der Waals surface area contributed by atoms with Crippen LogP contribution in [0.4, 0.5) is 0 Å². The van der Waals surface area contributed by atoms with Crippen LogP contribution in [-0.4, -0.2) is 37.3 Å². The summed E-state index contributed by atoms with van der Waals surface area (Å²) >= 11 is 0. The molecule has 0 bridgehead atoms. The summed E-state index contributed by atoms with van der Waals surface area (Å²) in [7, 11) is 1.72. The molecule has 2 atom stereocenters. The van der Waals surface area contributed by atoms with Crippen LogP contribution >= 0.6 is 0 Å². The maximum atomic E-state index is 5.75. The molecule has 0 spiro atoms. The molecule has 1 aromatic rings. The van der Waals surface area contributed by atoms with Crippen LogP contribution in [0.5, 0.6) is 5.75 Å². The summed E-state index contributed by atoms with van der Waals surface area (Å²) in [4.78, 5) is 2.46. The zero-order valence-corrected chi connectivity index (χ0v) is 11.8. The molecule has 1 aliphatic rings. The topological polar surface area (TPSA) is 21.7 Å². The van der Waals surface area contributed by atoms with Gasteiger partial charge in [0.25, 0.3) is 0 Å². The Morgan fingerprint density at radius 3 is 2.50 bits per heavy atom. The van der Waals surface area contributed by atoms with Crippen LogP contribution in [0.2, 0.25) is 0 Å². The van der Waals surface area contributed by atoms with Gasteiger partial charge in [0.2, 0.25) is 0 Å². The molecule has 1 heterocycles. The summed E-state index contributed by atoms with van der Waals surface area (Å²) in [5, 5.41) is 0. The van der Waals surface area contributed by atoms with Crippen LogP contribution in [-0.2, 0) is 11.3 Å². The Morgan fingerprint density at radius 1 is 1.28 bits per heavy atom. The highest BCUT2D eigenvalue weighted by atomic mass is 16.5. The lowest BCUT2D eigenvalue weighted by Gasteiger charge is -2.35. The summed E-state index contributed by atoms with van der Waals surface area (Å²) in [5.41, 5.74) is 2.54. The first-order chi connectivity index (χ1) is 8.58. The van der Waals surface area contributed by atoms with E-state index >= 15 is 0 Å². The van der Waals surface area contributed by atoms with Crippen molar-refractivity contribution in [3.05, 3.63) is 29.3 Å². The van der Waals surface area contributed by atoms with Crippen LogP contribution < -0.4 is 4.74 Å². The maximum absolute atomic E-state index is 5.75. The number of hydrogen-bond donors (Lipinski definition) is 0. The SMILES string of the molecule is COc1ccc(CN2CC(C)OC(C)C2)cc1C. The van der Waals surface area contributed by atoms with Gasteiger partial charge in [0.05, 0.1) is 19.3 Å². The number of aryl methyl sites for hydroxylation is 1. The van der Waals surface area contributed by atoms with E-state index in [0.717, 1.165) is 25.4 Å². The fraction of sp³-hybridized carbons (Fsp3) is 0.600. The molecule has 3 nitrogen and oxygen atoms in total. The Morgan fingerprint density at radius 2 is 1.94 bits per heavy atom. The zero-order valence-electron chi connectivity index (χ0n) is 11.8. The molecule has 1 saturated heterocycles. The quantitative estimate of drug-likeness (QED) is 0.822. The molecule has 2 rings (SSSR count). The Bertz CT molecular complexity index is 395. The van der Waals surface area contributed by atoms with Crippen molar-refractivity contribution in [3.63, 3.8) is 0 Å². The smallest absolute Gasteiger partial charge is 0.121 e. The van der Waals surface area contributed by atoms with E-state index in [0.29, 0.717) is 12.2 Å². The van der Waals surface area contributed by atoms with Crippen LogP contribution in [0.15, 0.2) is 18.2 Å². The predicted octanol–water partition coefficient (Wildman–Crippen LogP) is 2.61. The lowest BCUT2D eigenvalue weighted by Crippen LogP contribution is -2.44. The van der Waals surface area contributed by atoms with Crippen molar-refractivity contribution in [2.45, 2.75) is 39.5 Å². The average molecular weight is 249 g/mol. The molecule has 0 radical (unpaired) electrons. The van der Waals surface area contributed by atoms with Crippen molar-refractivity contribution >= 4 is 0 Å². The standard InChI is InChI=1S/C15H23NO2/c1-11-7-14(5-6-15(11)17-4)10-16-8-12(2)18-13(3)9-16/h5-7,12-13H,8-10H2,1-4H3. The minimum atomic E-state index is 0.327. The number of ether oxygens (including phenoxy) is 2. The molecular weight excluding hydrogens is 226 g/mol. The molecule has 18 heavy (non-hydrogen) atoms. The van der Waals surface area contributed by atoms with Gasteiger partial charge in [0, 0.05) is 19.6 Å². The first-order valence-corrected chi connectivity index (χ1v) is 6.60. The van der Waals surface area contributed by atoms with Gasteiger partial charge in [0.1, 0.15) is 5.75 Å². The van der Waals surface area contributed by atoms with Crippen molar-refractivity contribution in [2.24, 2.45) is 0 Å². The van der Waals surface area contributed by atoms with E-state index in [2.05, 4.69) is 43.9 Å². The van der Waals surface area contributed by atoms with Crippen molar-refractivity contribution < 1.29 is 9.47 Å². The van der Waals surface area contributed by atoms with Gasteiger partial charge in [-0.2, -0.15) is 0 Å². The van der Waals surface area contributed by atoms with Gasteiger partial charge in [-0.1, -0.05) is 12.1 Å². The van der Waals surface area contributed by atoms with Gasteiger partial charge in [-0.15, -0.1) is 0 Å². The van der Waals surface area contributed by atoms with Crippen LogP contribution in [0.3, 0.4) is 0 Å². The molecule has 1 aliphatic heterocycles. The van der Waals surface area contributed by atoms with E-state index in [1.165, 1.54) is 11.1 Å². The van der Waals surface area contributed by atoms with E-state index in [9.17, 15) is 0 Å². The average Bonchev–Trinajstić information content (AvgIpc) is 2.27. The molecule has 0 amide bonds. The minimum absolute atomic E-state index is 0.327. The van der Waals surface area contributed by atoms with Crippen molar-refractivity contribution in [2.75, 3.05) is 20.2 Å². The zero-order chi connectivity index (χ0) is 13.1. The molecule has 0 aromatic heterocycles. The molecule has 100 valence electrons. The number of methoxy groups -OCH3 is 1. The van der Waals surface area contributed by atoms with Gasteiger partial charge in [-0.3, -0.25) is 4.90 Å². The second-order valence-corrected chi connectivity index (χ2v) is 5.26. The molecule has 1 aromatic carbocycles. The molecule has 0 N–H and O–H groups in total. The van der Waals surface area contributed by atoms with Crippen LogP contribution in [0.1, 0.15) is 25.0 Å². The van der Waals surface area contributed by atoms with Crippen molar-refractivity contribution in [3.8, 4) is 5.75 Å². The first kappa shape index (κ1) is 13.4. The van der Waals surface area contributed by atoms with E-state index in [1.807, 2.05) is 0 Å². The molecule has 3 heteroatoms. The summed E-state index contributed by atoms with van der Waals surface area (Å²) in [5.74, 6) is 0.961. The Kier molecular flexibility index (Phi) is 4.25. The summed E-state index contributed by atoms with van der Waals surface area (Å²) < 4.78 is 11.0. The Labute approximate surface area is 110 Å². The van der Waals surface area contributed by atoms with E-state index in [1.54, 1.807) is 7.11 Å². The van der Waals surface area contributed by atoms with E-state index in [4.69, 9.17) is 9.47 Å². The summed E-state index contributed by atoms with van der Waals surface area (Å²) in [6.45, 7) is 9.38. The highest BCUT2D eigenvalue weighted by Gasteiger charge is 2.22. The lowest BCUT2D eigenvalue weighted by molar-refractivity contribution is -0.0704. The Balaban J connectivity index is 2.02. The molecule has 0 aliphatic carbocycles. The number of morpholine rings is 1. The number of hydrogen-bond acceptors (Lipinski definition) is 3. The van der Waals surface area contributed by atoms with E-state index in [-0.39, 0.29) is 0 Å². The van der Waals surface area contributed by atoms with Crippen molar-refractivity contribution in [1.82, 2.24) is 4.90 Å². The van der Waals surface area contributed by atoms with Gasteiger partial charge in [-0.05, 0) is 38.0 Å². The number of benzene rings is 1. The summed E-state index contributed by atoms with van der Waals surface area (Å²) in [6, 6.07) is 6.41. The minimum Gasteiger partial charge on any atom is -0.496 e. The number of rotatable bonds is 3. The molecule has 2 unspecified atom stereocenters. The largest absolute Gasteiger partial charge is 0.496 e. The molecular formula is C15H23NO2.